The molecule has 0 aliphatic carbocycles. The van der Waals surface area contributed by atoms with Gasteiger partial charge in [0, 0.05) is 25.3 Å². The summed E-state index contributed by atoms with van der Waals surface area (Å²) in [5.41, 5.74) is 0.630. The molecule has 3 nitrogen and oxygen atoms in total. The van der Waals surface area contributed by atoms with Crippen molar-refractivity contribution in [3.63, 3.8) is 0 Å². The number of alkyl halides is 1. The van der Waals surface area contributed by atoms with Crippen LogP contribution in [0.5, 0.6) is 0 Å². The molecule has 0 spiro atoms. The van der Waals surface area contributed by atoms with Crippen LogP contribution in [0.2, 0.25) is 0 Å². The van der Waals surface area contributed by atoms with Gasteiger partial charge in [-0.05, 0) is 11.6 Å². The lowest BCUT2D eigenvalue weighted by atomic mass is 9.97. The van der Waals surface area contributed by atoms with Crippen LogP contribution in [0.4, 0.5) is 4.39 Å². The molecule has 2 rings (SSSR count). The molecular formula is C12H13ClFN3. The molecule has 1 aromatic carbocycles. The summed E-state index contributed by atoms with van der Waals surface area (Å²) in [6.07, 6.45) is 2.07. The Kier molecular flexibility index (Phi) is 3.74. The second-order valence-corrected chi connectivity index (χ2v) is 4.19. The van der Waals surface area contributed by atoms with Crippen LogP contribution < -0.4 is 0 Å². The van der Waals surface area contributed by atoms with Gasteiger partial charge in [0.05, 0.1) is 0 Å². The highest BCUT2D eigenvalue weighted by atomic mass is 35.5. The molecule has 0 radical (unpaired) electrons. The number of hydrogen-bond donors (Lipinski definition) is 0. The van der Waals surface area contributed by atoms with Gasteiger partial charge >= 0.3 is 0 Å². The summed E-state index contributed by atoms with van der Waals surface area (Å²) in [5.74, 6) is 0.855. The molecule has 0 N–H and O–H groups in total. The van der Waals surface area contributed by atoms with Gasteiger partial charge in [-0.15, -0.1) is 11.6 Å². The molecule has 2 aromatic rings. The van der Waals surface area contributed by atoms with E-state index >= 15 is 0 Å². The van der Waals surface area contributed by atoms with Gasteiger partial charge in [0.15, 0.2) is 0 Å². The van der Waals surface area contributed by atoms with Gasteiger partial charge in [0.25, 0.3) is 0 Å². The molecular weight excluding hydrogens is 241 g/mol. The summed E-state index contributed by atoms with van der Waals surface area (Å²) in [5, 5.41) is 3.99. The van der Waals surface area contributed by atoms with E-state index in [1.165, 1.54) is 12.4 Å². The summed E-state index contributed by atoms with van der Waals surface area (Å²) >= 11 is 5.92. The molecule has 90 valence electrons. The van der Waals surface area contributed by atoms with Crippen molar-refractivity contribution in [2.45, 2.75) is 12.3 Å². The fraction of sp³-hybridized carbons (Fsp3) is 0.333. The molecule has 1 unspecified atom stereocenters. The minimum atomic E-state index is -0.222. The van der Waals surface area contributed by atoms with Crippen molar-refractivity contribution in [1.82, 2.24) is 14.8 Å². The molecule has 0 aliphatic rings. The van der Waals surface area contributed by atoms with Crippen molar-refractivity contribution in [2.75, 3.05) is 5.88 Å². The average Bonchev–Trinajstić information content (AvgIpc) is 2.73. The zero-order valence-electron chi connectivity index (χ0n) is 9.48. The van der Waals surface area contributed by atoms with E-state index in [2.05, 4.69) is 10.1 Å². The highest BCUT2D eigenvalue weighted by Gasteiger charge is 2.17. The lowest BCUT2D eigenvalue weighted by Gasteiger charge is -2.14. The van der Waals surface area contributed by atoms with Crippen molar-refractivity contribution in [3.8, 4) is 0 Å². The Labute approximate surface area is 104 Å². The third kappa shape index (κ3) is 2.64. The van der Waals surface area contributed by atoms with Gasteiger partial charge < -0.3 is 0 Å². The monoisotopic (exact) mass is 253 g/mol. The Morgan fingerprint density at radius 1 is 1.41 bits per heavy atom. The van der Waals surface area contributed by atoms with E-state index in [9.17, 15) is 4.39 Å². The lowest BCUT2D eigenvalue weighted by molar-refractivity contribution is 0.576. The van der Waals surface area contributed by atoms with Crippen LogP contribution >= 0.6 is 11.6 Å². The van der Waals surface area contributed by atoms with Crippen LogP contribution in [0.1, 0.15) is 17.3 Å². The first kappa shape index (κ1) is 12.0. The maximum atomic E-state index is 13.7. The van der Waals surface area contributed by atoms with Gasteiger partial charge in [-0.25, -0.2) is 9.37 Å². The third-order valence-electron chi connectivity index (χ3n) is 2.77. The molecule has 0 fully saturated rings. The normalized spacial score (nSPS) is 12.6. The second kappa shape index (κ2) is 5.27. The molecule has 17 heavy (non-hydrogen) atoms. The van der Waals surface area contributed by atoms with E-state index in [4.69, 9.17) is 11.6 Å². The maximum Gasteiger partial charge on any atom is 0.138 e. The van der Waals surface area contributed by atoms with E-state index in [-0.39, 0.29) is 11.7 Å². The van der Waals surface area contributed by atoms with E-state index in [1.807, 2.05) is 13.1 Å². The number of rotatable bonds is 4. The van der Waals surface area contributed by atoms with Crippen LogP contribution in [-0.2, 0) is 13.5 Å². The van der Waals surface area contributed by atoms with Crippen LogP contribution in [0.3, 0.4) is 0 Å². The second-order valence-electron chi connectivity index (χ2n) is 3.88. The number of hydrogen-bond acceptors (Lipinski definition) is 2. The Morgan fingerprint density at radius 3 is 2.76 bits per heavy atom. The molecule has 1 atom stereocenters. The summed E-state index contributed by atoms with van der Waals surface area (Å²) in [7, 11) is 1.81. The van der Waals surface area contributed by atoms with Gasteiger partial charge in [0.1, 0.15) is 18.0 Å². The smallest absolute Gasteiger partial charge is 0.138 e. The lowest BCUT2D eigenvalue weighted by Crippen LogP contribution is -2.11. The van der Waals surface area contributed by atoms with Crippen molar-refractivity contribution >= 4 is 11.6 Å². The Balaban J connectivity index is 2.23. The minimum Gasteiger partial charge on any atom is -0.253 e. The number of aromatic nitrogens is 3. The third-order valence-corrected chi connectivity index (χ3v) is 3.14. The quantitative estimate of drug-likeness (QED) is 0.784. The van der Waals surface area contributed by atoms with Crippen molar-refractivity contribution in [3.05, 3.63) is 47.8 Å². The molecule has 0 bridgehead atoms. The SMILES string of the molecule is Cn1ncnc1CC(CCl)c1ccccc1F. The predicted octanol–water partition coefficient (Wildman–Crippen LogP) is 2.52. The fourth-order valence-corrected chi connectivity index (χ4v) is 2.05. The van der Waals surface area contributed by atoms with Crippen molar-refractivity contribution in [2.24, 2.45) is 7.05 Å². The first-order valence-corrected chi connectivity index (χ1v) is 5.89. The van der Waals surface area contributed by atoms with E-state index in [0.717, 1.165) is 5.82 Å². The standard InChI is InChI=1S/C12H13ClFN3/c1-17-12(15-8-16-17)6-9(7-13)10-4-2-3-5-11(10)14/h2-5,8-9H,6-7H2,1H3. The molecule has 5 heteroatoms. The van der Waals surface area contributed by atoms with Crippen LogP contribution in [0.15, 0.2) is 30.6 Å². The zero-order valence-corrected chi connectivity index (χ0v) is 10.2. The summed E-state index contributed by atoms with van der Waals surface area (Å²) in [6.45, 7) is 0. The van der Waals surface area contributed by atoms with E-state index in [1.54, 1.807) is 16.8 Å². The molecule has 0 saturated heterocycles. The molecule has 0 saturated carbocycles. The zero-order chi connectivity index (χ0) is 12.3. The number of halogens is 2. The number of nitrogens with zero attached hydrogens (tertiary/aromatic N) is 3. The number of benzene rings is 1. The van der Waals surface area contributed by atoms with Gasteiger partial charge in [-0.1, -0.05) is 18.2 Å². The molecule has 1 heterocycles. The Bertz CT molecular complexity index is 498. The first-order chi connectivity index (χ1) is 8.22. The Morgan fingerprint density at radius 2 is 2.18 bits per heavy atom. The van der Waals surface area contributed by atoms with E-state index < -0.39 is 0 Å². The summed E-state index contributed by atoms with van der Waals surface area (Å²) < 4.78 is 15.3. The summed E-state index contributed by atoms with van der Waals surface area (Å²) in [4.78, 5) is 4.13. The number of aryl methyl sites for hydroxylation is 1. The fourth-order valence-electron chi connectivity index (χ4n) is 1.78. The predicted molar refractivity (Wildman–Crippen MR) is 64.6 cm³/mol. The first-order valence-electron chi connectivity index (χ1n) is 5.35. The molecule has 1 aromatic heterocycles. The van der Waals surface area contributed by atoms with Crippen molar-refractivity contribution < 1.29 is 4.39 Å². The van der Waals surface area contributed by atoms with Gasteiger partial charge in [0.2, 0.25) is 0 Å². The highest BCUT2D eigenvalue weighted by molar-refractivity contribution is 6.18. The summed E-state index contributed by atoms with van der Waals surface area (Å²) in [6, 6.07) is 6.70. The van der Waals surface area contributed by atoms with E-state index in [0.29, 0.717) is 17.9 Å². The molecule has 0 amide bonds. The van der Waals surface area contributed by atoms with Gasteiger partial charge in [-0.3, -0.25) is 4.68 Å². The molecule has 0 aliphatic heterocycles. The minimum absolute atomic E-state index is 0.0826. The Hall–Kier alpha value is -1.42. The highest BCUT2D eigenvalue weighted by Crippen LogP contribution is 2.23. The largest absolute Gasteiger partial charge is 0.253 e. The topological polar surface area (TPSA) is 30.7 Å². The van der Waals surface area contributed by atoms with Gasteiger partial charge in [-0.2, -0.15) is 5.10 Å². The van der Waals surface area contributed by atoms with Crippen LogP contribution in [0.25, 0.3) is 0 Å². The van der Waals surface area contributed by atoms with Crippen molar-refractivity contribution in [1.29, 1.82) is 0 Å². The van der Waals surface area contributed by atoms with Crippen LogP contribution in [-0.4, -0.2) is 20.6 Å². The maximum absolute atomic E-state index is 13.7. The van der Waals surface area contributed by atoms with Crippen LogP contribution in [0, 0.1) is 5.82 Å². The average molecular weight is 254 g/mol.